The number of esters is 1. The summed E-state index contributed by atoms with van der Waals surface area (Å²) in [6.07, 6.45) is 10.9. The quantitative estimate of drug-likeness (QED) is 0.185. The molecule has 1 saturated heterocycles. The van der Waals surface area contributed by atoms with E-state index in [1.807, 2.05) is 18.2 Å². The Bertz CT molecular complexity index is 952. The van der Waals surface area contributed by atoms with E-state index in [2.05, 4.69) is 19.3 Å². The maximum Gasteiger partial charge on any atom is 0.338 e. The Kier molecular flexibility index (Phi) is 11.3. The van der Waals surface area contributed by atoms with Crippen LogP contribution in [0.5, 0.6) is 5.75 Å². The third-order valence-electron chi connectivity index (χ3n) is 7.03. The van der Waals surface area contributed by atoms with Crippen molar-refractivity contribution in [3.05, 3.63) is 59.7 Å². The van der Waals surface area contributed by atoms with Gasteiger partial charge in [-0.1, -0.05) is 51.2 Å². The van der Waals surface area contributed by atoms with E-state index < -0.39 is 0 Å². The molecule has 36 heavy (non-hydrogen) atoms. The highest BCUT2D eigenvalue weighted by atomic mass is 16.5. The second kappa shape index (κ2) is 14.6. The summed E-state index contributed by atoms with van der Waals surface area (Å²) in [5.74, 6) is 0.0288. The Labute approximate surface area is 216 Å². The molecule has 1 aliphatic rings. The Hall–Kier alpha value is -2.86. The number of quaternary nitrogens is 1. The van der Waals surface area contributed by atoms with Gasteiger partial charge in [0.2, 0.25) is 0 Å². The maximum absolute atomic E-state index is 12.9. The van der Waals surface area contributed by atoms with E-state index in [4.69, 9.17) is 9.47 Å². The number of hydrogen-bond acceptors (Lipinski definition) is 4. The Morgan fingerprint density at radius 1 is 0.861 bits per heavy atom. The number of benzene rings is 2. The number of anilines is 1. The molecule has 2 aromatic rings. The van der Waals surface area contributed by atoms with Crippen LogP contribution in [0, 0.1) is 0 Å². The third-order valence-corrected chi connectivity index (χ3v) is 7.03. The predicted molar refractivity (Wildman–Crippen MR) is 145 cm³/mol. The fourth-order valence-electron chi connectivity index (χ4n) is 4.67. The molecule has 1 amide bonds. The SMILES string of the molecule is CCCCCCCCOc1ccccc1C(=O)Nc1ccc(C(=O)OCC[N+]2(C)CCCCC2)cc1. The van der Waals surface area contributed by atoms with Crippen LogP contribution in [0.2, 0.25) is 0 Å². The number of amides is 1. The molecule has 0 aliphatic carbocycles. The van der Waals surface area contributed by atoms with Gasteiger partial charge in [0, 0.05) is 5.69 Å². The van der Waals surface area contributed by atoms with E-state index in [-0.39, 0.29) is 11.9 Å². The summed E-state index contributed by atoms with van der Waals surface area (Å²) in [6.45, 7) is 6.39. The number of nitrogens with zero attached hydrogens (tertiary/aromatic N) is 1. The summed E-state index contributed by atoms with van der Waals surface area (Å²) in [4.78, 5) is 25.4. The van der Waals surface area contributed by atoms with Crippen molar-refractivity contribution in [2.75, 3.05) is 45.2 Å². The molecule has 196 valence electrons. The number of likely N-dealkylation sites (N-methyl/N-ethyl adjacent to an activating group) is 1. The van der Waals surface area contributed by atoms with Crippen molar-refractivity contribution in [2.45, 2.75) is 64.7 Å². The first kappa shape index (κ1) is 27.7. The van der Waals surface area contributed by atoms with Crippen LogP contribution in [0.3, 0.4) is 0 Å². The van der Waals surface area contributed by atoms with Gasteiger partial charge in [0.25, 0.3) is 5.91 Å². The van der Waals surface area contributed by atoms with E-state index in [1.165, 1.54) is 44.9 Å². The third kappa shape index (κ3) is 8.98. The van der Waals surface area contributed by atoms with Crippen molar-refractivity contribution in [2.24, 2.45) is 0 Å². The first-order valence-corrected chi connectivity index (χ1v) is 13.6. The van der Waals surface area contributed by atoms with Gasteiger partial charge in [-0.25, -0.2) is 4.79 Å². The lowest BCUT2D eigenvalue weighted by Crippen LogP contribution is -2.49. The zero-order valence-corrected chi connectivity index (χ0v) is 22.1. The lowest BCUT2D eigenvalue weighted by molar-refractivity contribution is -0.914. The smallest absolute Gasteiger partial charge is 0.338 e. The van der Waals surface area contributed by atoms with E-state index in [0.29, 0.717) is 35.8 Å². The van der Waals surface area contributed by atoms with Gasteiger partial charge in [0.05, 0.1) is 37.9 Å². The molecule has 1 N–H and O–H groups in total. The molecule has 1 fully saturated rings. The van der Waals surface area contributed by atoms with Crippen LogP contribution in [0.15, 0.2) is 48.5 Å². The van der Waals surface area contributed by atoms with Crippen LogP contribution in [-0.4, -0.2) is 56.3 Å². The van der Waals surface area contributed by atoms with Gasteiger partial charge in [-0.3, -0.25) is 4.79 Å². The largest absolute Gasteiger partial charge is 0.493 e. The molecule has 6 heteroatoms. The highest BCUT2D eigenvalue weighted by Gasteiger charge is 2.24. The van der Waals surface area contributed by atoms with E-state index in [9.17, 15) is 9.59 Å². The Balaban J connectivity index is 1.45. The number of para-hydroxylation sites is 1. The van der Waals surface area contributed by atoms with Gasteiger partial charge in [-0.05, 0) is 62.1 Å². The van der Waals surface area contributed by atoms with Crippen molar-refractivity contribution in [1.29, 1.82) is 0 Å². The van der Waals surface area contributed by atoms with Crippen LogP contribution < -0.4 is 10.1 Å². The topological polar surface area (TPSA) is 64.6 Å². The molecule has 6 nitrogen and oxygen atoms in total. The molecule has 3 rings (SSSR count). The minimum absolute atomic E-state index is 0.234. The molecule has 0 aromatic heterocycles. The molecule has 0 atom stereocenters. The molecule has 2 aromatic carbocycles. The van der Waals surface area contributed by atoms with Crippen molar-refractivity contribution < 1.29 is 23.5 Å². The number of hydrogen-bond donors (Lipinski definition) is 1. The molecule has 0 radical (unpaired) electrons. The van der Waals surface area contributed by atoms with Gasteiger partial charge in [0.1, 0.15) is 18.9 Å². The minimum Gasteiger partial charge on any atom is -0.493 e. The Morgan fingerprint density at radius 3 is 2.31 bits per heavy atom. The van der Waals surface area contributed by atoms with Gasteiger partial charge in [0.15, 0.2) is 0 Å². The number of likely N-dealkylation sites (tertiary alicyclic amines) is 1. The maximum atomic E-state index is 12.9. The fraction of sp³-hybridized carbons (Fsp3) is 0.533. The second-order valence-corrected chi connectivity index (χ2v) is 10.1. The van der Waals surface area contributed by atoms with Crippen LogP contribution in [0.25, 0.3) is 0 Å². The predicted octanol–water partition coefficient (Wildman–Crippen LogP) is 6.47. The van der Waals surface area contributed by atoms with Crippen molar-refractivity contribution in [1.82, 2.24) is 0 Å². The summed E-state index contributed by atoms with van der Waals surface area (Å²) >= 11 is 0. The highest BCUT2D eigenvalue weighted by Crippen LogP contribution is 2.21. The fourth-order valence-corrected chi connectivity index (χ4v) is 4.67. The molecule has 1 heterocycles. The van der Waals surface area contributed by atoms with Gasteiger partial charge in [-0.2, -0.15) is 0 Å². The summed E-state index contributed by atoms with van der Waals surface area (Å²) in [5, 5.41) is 2.91. The van der Waals surface area contributed by atoms with Crippen LogP contribution >= 0.6 is 0 Å². The summed E-state index contributed by atoms with van der Waals surface area (Å²) in [6, 6.07) is 14.1. The minimum atomic E-state index is -0.329. The van der Waals surface area contributed by atoms with E-state index >= 15 is 0 Å². The number of nitrogens with one attached hydrogen (secondary N) is 1. The summed E-state index contributed by atoms with van der Waals surface area (Å²) in [5.41, 5.74) is 1.60. The number of rotatable bonds is 14. The standard InChI is InChI=1S/C30H42N2O4/c1-3-4-5-6-7-13-23-35-28-15-10-9-14-27(28)29(33)31-26-18-16-25(17-19-26)30(34)36-24-22-32(2)20-11-8-12-21-32/h9-10,14-19H,3-8,11-13,20-24H2,1-2H3/p+1. The zero-order chi connectivity index (χ0) is 25.6. The molecular formula is C30H43N2O4+. The number of piperidine rings is 1. The average Bonchev–Trinajstić information content (AvgIpc) is 2.89. The molecule has 1 aliphatic heterocycles. The van der Waals surface area contributed by atoms with Crippen LogP contribution in [-0.2, 0) is 4.74 Å². The monoisotopic (exact) mass is 495 g/mol. The highest BCUT2D eigenvalue weighted by molar-refractivity contribution is 6.06. The number of carbonyl (C=O) groups excluding carboxylic acids is 2. The normalized spacial score (nSPS) is 14.7. The first-order valence-electron chi connectivity index (χ1n) is 13.6. The van der Waals surface area contributed by atoms with Crippen molar-refractivity contribution >= 4 is 17.6 Å². The summed E-state index contributed by atoms with van der Waals surface area (Å²) in [7, 11) is 2.24. The van der Waals surface area contributed by atoms with Crippen molar-refractivity contribution in [3.8, 4) is 5.75 Å². The molecule has 0 spiro atoms. The lowest BCUT2D eigenvalue weighted by Gasteiger charge is -2.37. The lowest BCUT2D eigenvalue weighted by atomic mass is 10.1. The Morgan fingerprint density at radius 2 is 1.56 bits per heavy atom. The molecule has 0 bridgehead atoms. The summed E-state index contributed by atoms with van der Waals surface area (Å²) < 4.78 is 12.4. The van der Waals surface area contributed by atoms with Gasteiger partial charge >= 0.3 is 5.97 Å². The number of carbonyl (C=O) groups is 2. The molecular weight excluding hydrogens is 452 g/mol. The molecule has 0 saturated carbocycles. The second-order valence-electron chi connectivity index (χ2n) is 10.1. The number of ether oxygens (including phenoxy) is 2. The van der Waals surface area contributed by atoms with E-state index in [0.717, 1.165) is 37.0 Å². The van der Waals surface area contributed by atoms with Crippen molar-refractivity contribution in [3.63, 3.8) is 0 Å². The van der Waals surface area contributed by atoms with Crippen LogP contribution in [0.1, 0.15) is 85.4 Å². The van der Waals surface area contributed by atoms with Gasteiger partial charge < -0.3 is 19.3 Å². The number of unbranched alkanes of at least 4 members (excludes halogenated alkanes) is 5. The van der Waals surface area contributed by atoms with Crippen LogP contribution in [0.4, 0.5) is 5.69 Å². The van der Waals surface area contributed by atoms with Gasteiger partial charge in [-0.15, -0.1) is 0 Å². The molecule has 0 unspecified atom stereocenters. The first-order chi connectivity index (χ1) is 17.5. The zero-order valence-electron chi connectivity index (χ0n) is 22.1. The van der Waals surface area contributed by atoms with E-state index in [1.54, 1.807) is 30.3 Å². The average molecular weight is 496 g/mol.